The number of benzene rings is 2. The van der Waals surface area contributed by atoms with Gasteiger partial charge in [-0.2, -0.15) is 0 Å². The molecule has 0 atom stereocenters. The number of carbonyl (C=O) groups is 2. The first-order valence-electron chi connectivity index (χ1n) is 9.57. The Kier molecular flexibility index (Phi) is 6.88. The normalized spacial score (nSPS) is 14.6. The molecule has 0 saturated heterocycles. The van der Waals surface area contributed by atoms with Gasteiger partial charge in [0.05, 0.1) is 10.7 Å². The first kappa shape index (κ1) is 19.4. The van der Waals surface area contributed by atoms with Crippen LogP contribution in [-0.4, -0.2) is 11.8 Å². The maximum absolute atomic E-state index is 12.2. The number of anilines is 2. The van der Waals surface area contributed by atoms with Gasteiger partial charge in [0.1, 0.15) is 0 Å². The average molecular weight is 385 g/mol. The Morgan fingerprint density at radius 3 is 2.41 bits per heavy atom. The largest absolute Gasteiger partial charge is 0.326 e. The summed E-state index contributed by atoms with van der Waals surface area (Å²) in [6.45, 7) is 0. The first-order chi connectivity index (χ1) is 13.1. The summed E-state index contributed by atoms with van der Waals surface area (Å²) < 4.78 is 0. The standard InChI is InChI=1S/C22H25ClN2O2/c23-19-15-18(24-21(26)14-11-16-7-3-1-4-8-16)12-13-20(19)25-22(27)17-9-5-2-6-10-17/h2,5-6,9-10,12-13,15-16H,1,3-4,7-8,11,14H2,(H,24,26)(H,25,27). The second-order valence-electron chi connectivity index (χ2n) is 7.11. The van der Waals surface area contributed by atoms with Crippen molar-refractivity contribution in [1.29, 1.82) is 0 Å². The van der Waals surface area contributed by atoms with E-state index in [0.717, 1.165) is 6.42 Å². The van der Waals surface area contributed by atoms with E-state index in [1.54, 1.807) is 30.3 Å². The molecule has 2 aromatic carbocycles. The molecule has 0 aromatic heterocycles. The first-order valence-corrected chi connectivity index (χ1v) is 9.95. The number of hydrogen-bond acceptors (Lipinski definition) is 2. The van der Waals surface area contributed by atoms with E-state index in [-0.39, 0.29) is 11.8 Å². The number of carbonyl (C=O) groups excluding carboxylic acids is 2. The quantitative estimate of drug-likeness (QED) is 0.652. The lowest BCUT2D eigenvalue weighted by molar-refractivity contribution is -0.116. The summed E-state index contributed by atoms with van der Waals surface area (Å²) in [6, 6.07) is 14.1. The fourth-order valence-corrected chi connectivity index (χ4v) is 3.74. The van der Waals surface area contributed by atoms with Crippen molar-refractivity contribution in [3.05, 3.63) is 59.1 Å². The van der Waals surface area contributed by atoms with Gasteiger partial charge in [-0.15, -0.1) is 0 Å². The summed E-state index contributed by atoms with van der Waals surface area (Å²) in [6.07, 6.45) is 7.88. The summed E-state index contributed by atoms with van der Waals surface area (Å²) in [5.74, 6) is 0.475. The van der Waals surface area contributed by atoms with Gasteiger partial charge in [0.15, 0.2) is 0 Å². The minimum absolute atomic E-state index is 0.0118. The van der Waals surface area contributed by atoms with Gasteiger partial charge in [0.2, 0.25) is 5.91 Å². The number of hydrogen-bond donors (Lipinski definition) is 2. The van der Waals surface area contributed by atoms with Crippen LogP contribution in [0.2, 0.25) is 5.02 Å². The highest BCUT2D eigenvalue weighted by Crippen LogP contribution is 2.28. The molecular formula is C22H25ClN2O2. The topological polar surface area (TPSA) is 58.2 Å². The van der Waals surface area contributed by atoms with Crippen LogP contribution in [0.15, 0.2) is 48.5 Å². The molecule has 2 aromatic rings. The van der Waals surface area contributed by atoms with Crippen molar-refractivity contribution >= 4 is 34.8 Å². The second kappa shape index (κ2) is 9.56. The third-order valence-electron chi connectivity index (χ3n) is 5.04. The molecule has 1 aliphatic carbocycles. The minimum Gasteiger partial charge on any atom is -0.326 e. The second-order valence-corrected chi connectivity index (χ2v) is 7.51. The van der Waals surface area contributed by atoms with E-state index in [9.17, 15) is 9.59 Å². The van der Waals surface area contributed by atoms with Crippen LogP contribution in [0.25, 0.3) is 0 Å². The lowest BCUT2D eigenvalue weighted by Crippen LogP contribution is -2.15. The van der Waals surface area contributed by atoms with Gasteiger partial charge in [-0.1, -0.05) is 61.9 Å². The van der Waals surface area contributed by atoms with Crippen molar-refractivity contribution in [3.63, 3.8) is 0 Å². The zero-order chi connectivity index (χ0) is 19.1. The highest BCUT2D eigenvalue weighted by Gasteiger charge is 2.15. The lowest BCUT2D eigenvalue weighted by Gasteiger charge is -2.21. The Labute approximate surface area is 165 Å². The highest BCUT2D eigenvalue weighted by molar-refractivity contribution is 6.34. The predicted octanol–water partition coefficient (Wildman–Crippen LogP) is 5.89. The molecule has 4 nitrogen and oxygen atoms in total. The molecule has 3 rings (SSSR count). The van der Waals surface area contributed by atoms with Crippen LogP contribution in [0.5, 0.6) is 0 Å². The summed E-state index contributed by atoms with van der Waals surface area (Å²) in [7, 11) is 0. The van der Waals surface area contributed by atoms with Gasteiger partial charge in [0, 0.05) is 17.7 Å². The van der Waals surface area contributed by atoms with Gasteiger partial charge in [0.25, 0.3) is 5.91 Å². The van der Waals surface area contributed by atoms with Crippen molar-refractivity contribution in [2.75, 3.05) is 10.6 Å². The molecule has 2 amide bonds. The van der Waals surface area contributed by atoms with Gasteiger partial charge in [-0.05, 0) is 42.7 Å². The maximum Gasteiger partial charge on any atom is 0.255 e. The molecule has 5 heteroatoms. The molecule has 2 N–H and O–H groups in total. The molecule has 142 valence electrons. The van der Waals surface area contributed by atoms with Crippen LogP contribution < -0.4 is 10.6 Å². The number of amides is 2. The minimum atomic E-state index is -0.221. The molecule has 0 unspecified atom stereocenters. The summed E-state index contributed by atoms with van der Waals surface area (Å²) in [5, 5.41) is 6.08. The number of rotatable bonds is 6. The van der Waals surface area contributed by atoms with E-state index in [4.69, 9.17) is 11.6 Å². The average Bonchev–Trinajstić information content (AvgIpc) is 2.70. The van der Waals surface area contributed by atoms with Crippen molar-refractivity contribution < 1.29 is 9.59 Å². The maximum atomic E-state index is 12.2. The van der Waals surface area contributed by atoms with E-state index in [1.807, 2.05) is 18.2 Å². The SMILES string of the molecule is O=C(CCC1CCCCC1)Nc1ccc(NC(=O)c2ccccc2)c(Cl)c1. The molecule has 0 spiro atoms. The third-order valence-corrected chi connectivity index (χ3v) is 5.35. The Bertz CT molecular complexity index is 786. The smallest absolute Gasteiger partial charge is 0.255 e. The zero-order valence-corrected chi connectivity index (χ0v) is 16.1. The molecule has 1 saturated carbocycles. The number of halogens is 1. The van der Waals surface area contributed by atoms with Gasteiger partial charge in [-0.25, -0.2) is 0 Å². The van der Waals surface area contributed by atoms with E-state index < -0.39 is 0 Å². The van der Waals surface area contributed by atoms with Crippen molar-refractivity contribution in [2.24, 2.45) is 5.92 Å². The zero-order valence-electron chi connectivity index (χ0n) is 15.3. The summed E-state index contributed by atoms with van der Waals surface area (Å²) in [4.78, 5) is 24.4. The van der Waals surface area contributed by atoms with Crippen LogP contribution in [-0.2, 0) is 4.79 Å². The van der Waals surface area contributed by atoms with Gasteiger partial charge in [-0.3, -0.25) is 9.59 Å². The van der Waals surface area contributed by atoms with Gasteiger partial charge < -0.3 is 10.6 Å². The molecule has 1 fully saturated rings. The third kappa shape index (κ3) is 5.83. The Morgan fingerprint density at radius 1 is 0.963 bits per heavy atom. The molecule has 0 heterocycles. The van der Waals surface area contributed by atoms with Crippen LogP contribution in [0, 0.1) is 5.92 Å². The molecule has 0 aliphatic heterocycles. The van der Waals surface area contributed by atoms with Gasteiger partial charge >= 0.3 is 0 Å². The fraction of sp³-hybridized carbons (Fsp3) is 0.364. The predicted molar refractivity (Wildman–Crippen MR) is 110 cm³/mol. The van der Waals surface area contributed by atoms with Crippen molar-refractivity contribution in [1.82, 2.24) is 0 Å². The lowest BCUT2D eigenvalue weighted by atomic mass is 9.86. The Morgan fingerprint density at radius 2 is 1.70 bits per heavy atom. The molecule has 0 radical (unpaired) electrons. The number of nitrogens with one attached hydrogen (secondary N) is 2. The van der Waals surface area contributed by atoms with Crippen molar-refractivity contribution in [3.8, 4) is 0 Å². The summed E-state index contributed by atoms with van der Waals surface area (Å²) in [5.41, 5.74) is 1.73. The van der Waals surface area contributed by atoms with Crippen molar-refractivity contribution in [2.45, 2.75) is 44.9 Å². The molecule has 27 heavy (non-hydrogen) atoms. The van der Waals surface area contributed by atoms with E-state index in [2.05, 4.69) is 10.6 Å². The molecule has 1 aliphatic rings. The van der Waals surface area contributed by atoms with E-state index >= 15 is 0 Å². The Hall–Kier alpha value is -2.33. The van der Waals surface area contributed by atoms with Crippen LogP contribution in [0.1, 0.15) is 55.3 Å². The van der Waals surface area contributed by atoms with Crippen LogP contribution in [0.4, 0.5) is 11.4 Å². The summed E-state index contributed by atoms with van der Waals surface area (Å²) >= 11 is 6.28. The highest BCUT2D eigenvalue weighted by atomic mass is 35.5. The fourth-order valence-electron chi connectivity index (χ4n) is 3.51. The van der Waals surface area contributed by atoms with E-state index in [0.29, 0.717) is 34.3 Å². The molecular weight excluding hydrogens is 360 g/mol. The van der Waals surface area contributed by atoms with Crippen LogP contribution in [0.3, 0.4) is 0 Å². The van der Waals surface area contributed by atoms with Crippen LogP contribution >= 0.6 is 11.6 Å². The van der Waals surface area contributed by atoms with E-state index in [1.165, 1.54) is 32.1 Å². The molecule has 0 bridgehead atoms. The monoisotopic (exact) mass is 384 g/mol. The Balaban J connectivity index is 1.53.